The molecule has 1 aromatic carbocycles. The van der Waals surface area contributed by atoms with Crippen LogP contribution < -0.4 is 9.46 Å². The summed E-state index contributed by atoms with van der Waals surface area (Å²) in [6, 6.07) is 5.33. The molecular formula is C16H23F2NO4S. The van der Waals surface area contributed by atoms with E-state index in [1.807, 2.05) is 0 Å². The van der Waals surface area contributed by atoms with Gasteiger partial charge in [0, 0.05) is 16.9 Å². The minimum atomic E-state index is -3.00. The van der Waals surface area contributed by atoms with Crippen molar-refractivity contribution >= 4 is 17.3 Å². The van der Waals surface area contributed by atoms with Crippen LogP contribution in [0.3, 0.4) is 0 Å². The molecule has 0 radical (unpaired) electrons. The van der Waals surface area contributed by atoms with E-state index in [1.165, 1.54) is 6.07 Å². The third-order valence-corrected chi connectivity index (χ3v) is 4.60. The van der Waals surface area contributed by atoms with E-state index in [2.05, 4.69) is 9.46 Å². The molecule has 0 bridgehead atoms. The summed E-state index contributed by atoms with van der Waals surface area (Å²) in [5.74, 6) is -0.590. The first kappa shape index (κ1) is 20.7. The zero-order valence-corrected chi connectivity index (χ0v) is 15.0. The second-order valence-electron chi connectivity index (χ2n) is 5.98. The molecule has 0 heterocycles. The molecule has 0 amide bonds. The Balaban J connectivity index is 3.10. The average molecular weight is 363 g/mol. The maximum atomic E-state index is 12.6. The fraction of sp³-hybridized carbons (Fsp3) is 0.562. The zero-order chi connectivity index (χ0) is 18.3. The van der Waals surface area contributed by atoms with Crippen molar-refractivity contribution in [2.45, 2.75) is 51.5 Å². The van der Waals surface area contributed by atoms with Gasteiger partial charge < -0.3 is 14.0 Å². The first-order chi connectivity index (χ1) is 11.1. The number of halogens is 2. The molecule has 0 aliphatic rings. The van der Waals surface area contributed by atoms with Crippen molar-refractivity contribution in [1.82, 2.24) is 4.72 Å². The molecule has 0 fully saturated rings. The van der Waals surface area contributed by atoms with Gasteiger partial charge in [-0.15, -0.1) is 4.72 Å². The number of ether oxygens (including phenoxy) is 2. The molecule has 1 rings (SSSR count). The predicted octanol–water partition coefficient (Wildman–Crippen LogP) is 3.33. The van der Waals surface area contributed by atoms with Gasteiger partial charge in [0.2, 0.25) is 0 Å². The van der Waals surface area contributed by atoms with Crippen LogP contribution in [0.2, 0.25) is 0 Å². The Bertz CT molecular complexity index is 537. The summed E-state index contributed by atoms with van der Waals surface area (Å²) in [4.78, 5) is 11.8. The van der Waals surface area contributed by atoms with Gasteiger partial charge >= 0.3 is 12.6 Å². The van der Waals surface area contributed by atoms with Gasteiger partial charge in [-0.3, -0.25) is 4.79 Å². The van der Waals surface area contributed by atoms with E-state index in [-0.39, 0.29) is 18.8 Å². The Labute approximate surface area is 144 Å². The van der Waals surface area contributed by atoms with E-state index in [4.69, 9.17) is 4.74 Å². The summed E-state index contributed by atoms with van der Waals surface area (Å²) in [5, 5.41) is 0. The maximum absolute atomic E-state index is 12.6. The first-order valence-electron chi connectivity index (χ1n) is 7.52. The highest BCUT2D eigenvalue weighted by Crippen LogP contribution is 2.30. The molecule has 0 spiro atoms. The van der Waals surface area contributed by atoms with Crippen LogP contribution in [0.15, 0.2) is 24.3 Å². The lowest BCUT2D eigenvalue weighted by Gasteiger charge is -2.28. The van der Waals surface area contributed by atoms with Crippen LogP contribution >= 0.6 is 0 Å². The number of hydrogen-bond acceptors (Lipinski definition) is 5. The topological polar surface area (TPSA) is 70.6 Å². The monoisotopic (exact) mass is 363 g/mol. The van der Waals surface area contributed by atoms with Gasteiger partial charge in [-0.25, -0.2) is 0 Å². The lowest BCUT2D eigenvalue weighted by atomic mass is 10.0. The van der Waals surface area contributed by atoms with Gasteiger partial charge in [0.05, 0.1) is 19.1 Å². The molecule has 2 atom stereocenters. The smallest absolute Gasteiger partial charge is 0.387 e. The van der Waals surface area contributed by atoms with Gasteiger partial charge in [-0.05, 0) is 33.8 Å². The van der Waals surface area contributed by atoms with Crippen LogP contribution in [0.1, 0.15) is 45.7 Å². The highest BCUT2D eigenvalue weighted by molar-refractivity contribution is 7.90. The zero-order valence-electron chi connectivity index (χ0n) is 14.2. The summed E-state index contributed by atoms with van der Waals surface area (Å²) in [6.07, 6.45) is -0.154. The van der Waals surface area contributed by atoms with Crippen molar-refractivity contribution in [3.8, 4) is 5.75 Å². The van der Waals surface area contributed by atoms with Crippen LogP contribution in [0, 0.1) is 0 Å². The number of rotatable bonds is 8. The molecule has 0 aliphatic carbocycles. The third-order valence-electron chi connectivity index (χ3n) is 2.99. The summed E-state index contributed by atoms with van der Waals surface area (Å²) in [7, 11) is 0. The normalized spacial score (nSPS) is 14.3. The second kappa shape index (κ2) is 9.19. The number of carbonyl (C=O) groups is 1. The lowest BCUT2D eigenvalue weighted by Crippen LogP contribution is -2.42. The van der Waals surface area contributed by atoms with Crippen LogP contribution in [0.5, 0.6) is 5.75 Å². The molecule has 5 nitrogen and oxygen atoms in total. The van der Waals surface area contributed by atoms with Gasteiger partial charge in [-0.1, -0.05) is 18.2 Å². The molecule has 136 valence electrons. The van der Waals surface area contributed by atoms with E-state index in [9.17, 15) is 18.1 Å². The number of esters is 1. The maximum Gasteiger partial charge on any atom is 0.387 e. The van der Waals surface area contributed by atoms with E-state index in [1.54, 1.807) is 45.9 Å². The van der Waals surface area contributed by atoms with Crippen LogP contribution in [-0.4, -0.2) is 28.5 Å². The quantitative estimate of drug-likeness (QED) is 0.567. The van der Waals surface area contributed by atoms with E-state index < -0.39 is 34.7 Å². The molecule has 0 unspecified atom stereocenters. The highest BCUT2D eigenvalue weighted by Gasteiger charge is 2.32. The van der Waals surface area contributed by atoms with Gasteiger partial charge in [0.1, 0.15) is 10.5 Å². The molecule has 1 N–H and O–H groups in total. The summed E-state index contributed by atoms with van der Waals surface area (Å²) in [6.45, 7) is 4.16. The number of nitrogens with one attached hydrogen (secondary N) is 1. The number of carbonyl (C=O) groups excluding carboxylic acids is 1. The van der Waals surface area contributed by atoms with Gasteiger partial charge in [-0.2, -0.15) is 8.78 Å². The Morgan fingerprint density at radius 3 is 2.50 bits per heavy atom. The largest absolute Gasteiger partial charge is 0.598 e. The average Bonchev–Trinajstić information content (AvgIpc) is 2.45. The Kier molecular flexibility index (Phi) is 7.92. The van der Waals surface area contributed by atoms with Gasteiger partial charge in [0.25, 0.3) is 0 Å². The fourth-order valence-corrected chi connectivity index (χ4v) is 2.70. The first-order valence-corrected chi connectivity index (χ1v) is 8.67. The number of alkyl halides is 2. The summed E-state index contributed by atoms with van der Waals surface area (Å²) >= 11 is -1.51. The molecule has 0 aromatic heterocycles. The van der Waals surface area contributed by atoms with Gasteiger partial charge in [0.15, 0.2) is 0 Å². The SMILES string of the molecule is CCOC(=O)C[C@@H](N[S@@+]([O-])C(C)(C)C)c1ccccc1OC(F)F. The highest BCUT2D eigenvalue weighted by atomic mass is 32.2. The van der Waals surface area contributed by atoms with Crippen molar-refractivity contribution in [2.75, 3.05) is 6.61 Å². The van der Waals surface area contributed by atoms with E-state index in [0.717, 1.165) is 0 Å². The molecule has 0 saturated carbocycles. The summed E-state index contributed by atoms with van der Waals surface area (Å²) in [5.41, 5.74) is 0.323. The Hall–Kier alpha value is -1.38. The molecular weight excluding hydrogens is 340 g/mol. The molecule has 8 heteroatoms. The fourth-order valence-electron chi connectivity index (χ4n) is 1.88. The van der Waals surface area contributed by atoms with Crippen LogP contribution in [-0.2, 0) is 20.9 Å². The van der Waals surface area contributed by atoms with E-state index >= 15 is 0 Å². The summed E-state index contributed by atoms with van der Waals surface area (Å²) < 4.78 is 49.2. The minimum Gasteiger partial charge on any atom is -0.598 e. The standard InChI is InChI=1S/C16H23F2NO4S/c1-5-22-14(20)10-12(19-24(21)16(2,3)4)11-8-6-7-9-13(11)23-15(17)18/h6-9,12,15,19H,5,10H2,1-4H3/t12-,24+/m1/s1. The minimum absolute atomic E-state index is 0.0693. The van der Waals surface area contributed by atoms with Crippen molar-refractivity contribution in [1.29, 1.82) is 0 Å². The Morgan fingerprint density at radius 1 is 1.33 bits per heavy atom. The molecule has 0 aliphatic heterocycles. The number of hydrogen-bond donors (Lipinski definition) is 1. The Morgan fingerprint density at radius 2 is 1.96 bits per heavy atom. The predicted molar refractivity (Wildman–Crippen MR) is 88.1 cm³/mol. The van der Waals surface area contributed by atoms with Crippen molar-refractivity contribution in [3.05, 3.63) is 29.8 Å². The number of para-hydroxylation sites is 1. The van der Waals surface area contributed by atoms with Crippen LogP contribution in [0.4, 0.5) is 8.78 Å². The van der Waals surface area contributed by atoms with Crippen molar-refractivity contribution < 1.29 is 27.6 Å². The molecule has 24 heavy (non-hydrogen) atoms. The molecule has 0 saturated heterocycles. The van der Waals surface area contributed by atoms with Crippen molar-refractivity contribution in [2.24, 2.45) is 0 Å². The van der Waals surface area contributed by atoms with Crippen LogP contribution in [0.25, 0.3) is 0 Å². The van der Waals surface area contributed by atoms with Crippen molar-refractivity contribution in [3.63, 3.8) is 0 Å². The lowest BCUT2D eigenvalue weighted by molar-refractivity contribution is -0.143. The molecule has 1 aromatic rings. The number of benzene rings is 1. The second-order valence-corrected chi connectivity index (χ2v) is 7.97. The third kappa shape index (κ3) is 6.62. The van der Waals surface area contributed by atoms with E-state index in [0.29, 0.717) is 5.56 Å².